The van der Waals surface area contributed by atoms with E-state index >= 15 is 0 Å². The van der Waals surface area contributed by atoms with Gasteiger partial charge in [-0.3, -0.25) is 19.0 Å². The Hall–Kier alpha value is -4.21. The highest BCUT2D eigenvalue weighted by atomic mass is 16.5. The van der Waals surface area contributed by atoms with Crippen molar-refractivity contribution >= 4 is 28.4 Å². The van der Waals surface area contributed by atoms with Crippen molar-refractivity contribution in [2.45, 2.75) is 53.2 Å². The molecule has 10 heteroatoms. The summed E-state index contributed by atoms with van der Waals surface area (Å²) in [5.74, 6) is 0.111. The van der Waals surface area contributed by atoms with Crippen LogP contribution in [0.5, 0.6) is 5.75 Å². The minimum absolute atomic E-state index is 0.0822. The number of ether oxygens (including phenoxy) is 1. The Morgan fingerprint density at radius 3 is 2.28 bits per heavy atom. The molecule has 0 atom stereocenters. The molecule has 0 saturated carbocycles. The van der Waals surface area contributed by atoms with Crippen LogP contribution in [0.1, 0.15) is 61.4 Å². The minimum atomic E-state index is -0.579. The van der Waals surface area contributed by atoms with Gasteiger partial charge < -0.3 is 10.1 Å². The fourth-order valence-electron chi connectivity index (χ4n) is 4.07. The van der Waals surface area contributed by atoms with E-state index in [0.717, 1.165) is 4.68 Å². The number of amides is 1. The maximum atomic E-state index is 13.5. The average Bonchev–Trinajstić information content (AvgIpc) is 3.14. The van der Waals surface area contributed by atoms with Gasteiger partial charge in [0.2, 0.25) is 5.78 Å². The summed E-state index contributed by atoms with van der Waals surface area (Å²) in [5.41, 5.74) is 0.0574. The van der Waals surface area contributed by atoms with Gasteiger partial charge in [0.05, 0.1) is 17.5 Å². The first-order valence-electron chi connectivity index (χ1n) is 11.9. The quantitative estimate of drug-likeness (QED) is 0.379. The molecular formula is C26H29N5O5. The van der Waals surface area contributed by atoms with E-state index in [1.54, 1.807) is 36.4 Å². The normalized spacial score (nSPS) is 11.5. The number of Topliss-reactive ketones (excluding diaryl/α,β-unsaturated/α-hetero) is 1. The number of nitrogens with zero attached hydrogens (tertiary/aromatic N) is 4. The van der Waals surface area contributed by atoms with Crippen LogP contribution in [0.4, 0.5) is 0 Å². The van der Waals surface area contributed by atoms with Crippen molar-refractivity contribution in [3.8, 4) is 5.75 Å². The molecule has 1 N–H and O–H groups in total. The van der Waals surface area contributed by atoms with Gasteiger partial charge in [-0.15, -0.1) is 5.10 Å². The summed E-state index contributed by atoms with van der Waals surface area (Å²) in [7, 11) is 0. The smallest absolute Gasteiger partial charge is 0.352 e. The molecule has 10 nitrogen and oxygen atoms in total. The topological polar surface area (TPSA) is 117 Å². The molecule has 1 amide bonds. The Kier molecular flexibility index (Phi) is 6.78. The monoisotopic (exact) mass is 491 g/mol. The van der Waals surface area contributed by atoms with Gasteiger partial charge in [-0.2, -0.15) is 0 Å². The van der Waals surface area contributed by atoms with Gasteiger partial charge in [-0.25, -0.2) is 13.9 Å². The molecule has 4 aromatic rings. The van der Waals surface area contributed by atoms with Crippen LogP contribution in [-0.4, -0.2) is 43.1 Å². The highest BCUT2D eigenvalue weighted by Crippen LogP contribution is 2.17. The van der Waals surface area contributed by atoms with E-state index in [-0.39, 0.29) is 52.6 Å². The van der Waals surface area contributed by atoms with Crippen LogP contribution in [0.25, 0.3) is 16.7 Å². The zero-order chi connectivity index (χ0) is 26.1. The van der Waals surface area contributed by atoms with Crippen LogP contribution in [0.2, 0.25) is 0 Å². The van der Waals surface area contributed by atoms with Crippen LogP contribution in [0, 0.1) is 0 Å². The third-order valence-corrected chi connectivity index (χ3v) is 5.70. The van der Waals surface area contributed by atoms with E-state index in [1.807, 2.05) is 34.6 Å². The minimum Gasteiger partial charge on any atom is -0.494 e. The van der Waals surface area contributed by atoms with Crippen molar-refractivity contribution in [3.63, 3.8) is 0 Å². The number of ketones is 1. The number of hydrogen-bond acceptors (Lipinski definition) is 6. The van der Waals surface area contributed by atoms with E-state index in [1.165, 1.54) is 15.0 Å². The van der Waals surface area contributed by atoms with Crippen LogP contribution in [0.3, 0.4) is 0 Å². The first kappa shape index (κ1) is 24.9. The summed E-state index contributed by atoms with van der Waals surface area (Å²) in [4.78, 5) is 52.3. The SMILES string of the molecule is CCOc1ccc(C(=O)Cn2nc3n(C(C)C)c(=O)c4ccc(C(=O)NC(C)C)cc4n3c2=O)cc1. The molecule has 0 unspecified atom stereocenters. The number of rotatable bonds is 8. The molecule has 0 aliphatic carbocycles. The van der Waals surface area contributed by atoms with Crippen molar-refractivity contribution in [1.29, 1.82) is 0 Å². The van der Waals surface area contributed by atoms with Gasteiger partial charge >= 0.3 is 5.69 Å². The largest absolute Gasteiger partial charge is 0.494 e. The van der Waals surface area contributed by atoms with Crippen molar-refractivity contribution in [2.24, 2.45) is 0 Å². The number of aromatic nitrogens is 4. The fraction of sp³-hybridized carbons (Fsp3) is 0.346. The highest BCUT2D eigenvalue weighted by molar-refractivity contribution is 5.98. The van der Waals surface area contributed by atoms with Gasteiger partial charge in [0.1, 0.15) is 12.3 Å². The molecule has 188 valence electrons. The Balaban J connectivity index is 1.86. The fourth-order valence-corrected chi connectivity index (χ4v) is 4.07. The molecule has 0 aliphatic heterocycles. The van der Waals surface area contributed by atoms with E-state index in [9.17, 15) is 19.2 Å². The molecule has 2 aromatic carbocycles. The third-order valence-electron chi connectivity index (χ3n) is 5.70. The zero-order valence-electron chi connectivity index (χ0n) is 20.9. The third kappa shape index (κ3) is 4.53. The van der Waals surface area contributed by atoms with Crippen LogP contribution >= 0.6 is 0 Å². The summed E-state index contributed by atoms with van der Waals surface area (Å²) in [6, 6.07) is 10.9. The first-order valence-corrected chi connectivity index (χ1v) is 11.9. The van der Waals surface area contributed by atoms with Crippen molar-refractivity contribution in [2.75, 3.05) is 6.61 Å². The lowest BCUT2D eigenvalue weighted by atomic mass is 10.1. The lowest BCUT2D eigenvalue weighted by Crippen LogP contribution is -2.31. The van der Waals surface area contributed by atoms with Gasteiger partial charge in [-0.05, 0) is 77.1 Å². The van der Waals surface area contributed by atoms with Crippen LogP contribution in [0.15, 0.2) is 52.1 Å². The van der Waals surface area contributed by atoms with Crippen molar-refractivity contribution in [3.05, 3.63) is 74.4 Å². The molecule has 0 aliphatic rings. The lowest BCUT2D eigenvalue weighted by molar-refractivity contribution is 0.0940. The summed E-state index contributed by atoms with van der Waals surface area (Å²) in [5, 5.41) is 7.45. The first-order chi connectivity index (χ1) is 17.1. The number of benzene rings is 2. The van der Waals surface area contributed by atoms with Crippen molar-refractivity contribution in [1.82, 2.24) is 24.1 Å². The highest BCUT2D eigenvalue weighted by Gasteiger charge is 2.21. The molecule has 36 heavy (non-hydrogen) atoms. The summed E-state index contributed by atoms with van der Waals surface area (Å²) in [6.45, 7) is 9.38. The van der Waals surface area contributed by atoms with Gasteiger partial charge in [0.25, 0.3) is 11.5 Å². The molecule has 2 aromatic heterocycles. The van der Waals surface area contributed by atoms with E-state index in [2.05, 4.69) is 10.4 Å². The van der Waals surface area contributed by atoms with Gasteiger partial charge in [0.15, 0.2) is 5.78 Å². The molecule has 2 heterocycles. The van der Waals surface area contributed by atoms with E-state index in [0.29, 0.717) is 23.5 Å². The molecule has 0 saturated heterocycles. The summed E-state index contributed by atoms with van der Waals surface area (Å²) < 4.78 is 9.16. The summed E-state index contributed by atoms with van der Waals surface area (Å²) in [6.07, 6.45) is 0. The number of carbonyl (C=O) groups is 2. The second-order valence-electron chi connectivity index (χ2n) is 9.09. The molecule has 0 spiro atoms. The number of hydrogen-bond donors (Lipinski definition) is 1. The van der Waals surface area contributed by atoms with Gasteiger partial charge in [-0.1, -0.05) is 0 Å². The lowest BCUT2D eigenvalue weighted by Gasteiger charge is -2.13. The number of nitrogens with one attached hydrogen (secondary N) is 1. The van der Waals surface area contributed by atoms with E-state index < -0.39 is 5.69 Å². The van der Waals surface area contributed by atoms with Crippen molar-refractivity contribution < 1.29 is 14.3 Å². The number of fused-ring (bicyclic) bond motifs is 3. The average molecular weight is 492 g/mol. The molecule has 0 fully saturated rings. The Morgan fingerprint density at radius 2 is 1.67 bits per heavy atom. The van der Waals surface area contributed by atoms with Crippen LogP contribution < -0.4 is 21.3 Å². The van der Waals surface area contributed by atoms with Gasteiger partial charge in [0, 0.05) is 23.2 Å². The maximum Gasteiger partial charge on any atom is 0.352 e. The Bertz CT molecular complexity index is 1580. The summed E-state index contributed by atoms with van der Waals surface area (Å²) >= 11 is 0. The molecule has 0 bridgehead atoms. The number of carbonyl (C=O) groups excluding carboxylic acids is 2. The predicted molar refractivity (Wildman–Crippen MR) is 136 cm³/mol. The predicted octanol–water partition coefficient (Wildman–Crippen LogP) is 2.81. The maximum absolute atomic E-state index is 13.5. The van der Waals surface area contributed by atoms with Crippen LogP contribution in [-0.2, 0) is 6.54 Å². The Morgan fingerprint density at radius 1 is 1.00 bits per heavy atom. The zero-order valence-corrected chi connectivity index (χ0v) is 20.9. The standard InChI is InChI=1S/C26H29N5O5/c1-6-36-19-10-7-17(8-11-19)22(32)14-29-26(35)31-21-13-18(23(33)27-15(2)3)9-12-20(21)24(34)30(16(4)5)25(31)28-29/h7-13,15-16H,6,14H2,1-5H3,(H,27,33). The molecular weight excluding hydrogens is 462 g/mol. The second kappa shape index (κ2) is 9.80. The Labute approximate surface area is 207 Å². The molecule has 4 rings (SSSR count). The molecule has 0 radical (unpaired) electrons. The van der Waals surface area contributed by atoms with E-state index in [4.69, 9.17) is 4.74 Å². The second-order valence-corrected chi connectivity index (χ2v) is 9.09.